The van der Waals surface area contributed by atoms with Gasteiger partial charge in [-0.15, -0.1) is 4.41 Å². The van der Waals surface area contributed by atoms with Gasteiger partial charge in [0.15, 0.2) is 11.5 Å². The number of hydrogen-bond acceptors (Lipinski definition) is 5. The van der Waals surface area contributed by atoms with Crippen LogP contribution in [0.5, 0.6) is 11.5 Å². The molecule has 0 amide bonds. The molecular weight excluding hydrogens is 340 g/mol. The maximum atomic E-state index is 12.3. The summed E-state index contributed by atoms with van der Waals surface area (Å²) in [4.78, 5) is 0. The first-order chi connectivity index (χ1) is 11.9. The zero-order valence-electron chi connectivity index (χ0n) is 13.9. The van der Waals surface area contributed by atoms with E-state index >= 15 is 0 Å². The average Bonchev–Trinajstić information content (AvgIpc) is 3.21. The van der Waals surface area contributed by atoms with Gasteiger partial charge in [-0.1, -0.05) is 35.9 Å². The fourth-order valence-electron chi connectivity index (χ4n) is 2.96. The Morgan fingerprint density at radius 3 is 2.52 bits per heavy atom. The fraction of sp³-hybridized carbons (Fsp3) is 0.222. The van der Waals surface area contributed by atoms with E-state index in [1.54, 1.807) is 6.07 Å². The summed E-state index contributed by atoms with van der Waals surface area (Å²) < 4.78 is 36.5. The largest absolute Gasteiger partial charge is 0.454 e. The first-order valence-corrected chi connectivity index (χ1v) is 9.71. The van der Waals surface area contributed by atoms with Crippen LogP contribution in [0.4, 0.5) is 0 Å². The topological polar surface area (TPSA) is 67.9 Å². The monoisotopic (exact) mass is 358 g/mol. The van der Waals surface area contributed by atoms with Crippen molar-refractivity contribution < 1.29 is 17.9 Å². The average molecular weight is 358 g/mol. The highest BCUT2D eigenvalue weighted by Crippen LogP contribution is 2.38. The fourth-order valence-corrected chi connectivity index (χ4v) is 3.82. The predicted octanol–water partition coefficient (Wildman–Crippen LogP) is 2.59. The number of nitrogens with one attached hydrogen (secondary N) is 1. The van der Waals surface area contributed by atoms with Crippen molar-refractivity contribution in [1.29, 1.82) is 0 Å². The number of hydrogen-bond donors (Lipinski definition) is 1. The van der Waals surface area contributed by atoms with Crippen LogP contribution < -0.4 is 14.9 Å². The third-order valence-corrected chi connectivity index (χ3v) is 5.30. The lowest BCUT2D eigenvalue weighted by Gasteiger charge is -2.23. The normalized spacial score (nSPS) is 19.6. The number of benzene rings is 2. The summed E-state index contributed by atoms with van der Waals surface area (Å²) in [6.07, 6.45) is 3.09. The van der Waals surface area contributed by atoms with E-state index in [2.05, 4.69) is 5.43 Å². The lowest BCUT2D eigenvalue weighted by molar-refractivity contribution is 0.174. The molecule has 0 fully saturated rings. The van der Waals surface area contributed by atoms with Gasteiger partial charge in [-0.3, -0.25) is 0 Å². The Balaban J connectivity index is 1.75. The molecule has 0 saturated heterocycles. The third-order valence-electron chi connectivity index (χ3n) is 4.27. The second kappa shape index (κ2) is 5.79. The summed E-state index contributed by atoms with van der Waals surface area (Å²) in [7, 11) is -3.46. The number of aryl methyl sites for hydroxylation is 1. The minimum Gasteiger partial charge on any atom is -0.454 e. The van der Waals surface area contributed by atoms with Gasteiger partial charge in [-0.05, 0) is 36.3 Å². The Labute approximate surface area is 146 Å². The van der Waals surface area contributed by atoms with Gasteiger partial charge in [0, 0.05) is 0 Å². The third kappa shape index (κ3) is 2.96. The Bertz CT molecular complexity index is 952. The van der Waals surface area contributed by atoms with E-state index in [0.717, 1.165) is 22.4 Å². The van der Waals surface area contributed by atoms with Crippen molar-refractivity contribution in [1.82, 2.24) is 9.84 Å². The molecule has 2 aliphatic rings. The van der Waals surface area contributed by atoms with Crippen LogP contribution in [0.1, 0.15) is 22.7 Å². The molecule has 7 heteroatoms. The van der Waals surface area contributed by atoms with Gasteiger partial charge in [-0.25, -0.2) is 8.42 Å². The van der Waals surface area contributed by atoms with Crippen LogP contribution in [-0.2, 0) is 10.0 Å². The molecule has 2 aromatic carbocycles. The van der Waals surface area contributed by atoms with Gasteiger partial charge in [0.2, 0.25) is 16.8 Å². The molecule has 0 unspecified atom stereocenters. The molecular formula is C18H18N2O4S. The Morgan fingerprint density at radius 2 is 1.80 bits per heavy atom. The first kappa shape index (κ1) is 16.0. The molecule has 0 bridgehead atoms. The number of nitrogens with zero attached hydrogens (tertiary/aromatic N) is 1. The minimum atomic E-state index is -3.46. The Morgan fingerprint density at radius 1 is 1.08 bits per heavy atom. The zero-order valence-corrected chi connectivity index (χ0v) is 14.7. The molecule has 0 saturated carbocycles. The van der Waals surface area contributed by atoms with Crippen LogP contribution in [0.15, 0.2) is 48.5 Å². The van der Waals surface area contributed by atoms with E-state index in [-0.39, 0.29) is 6.79 Å². The number of fused-ring (bicyclic) bond motifs is 1. The molecule has 6 nitrogen and oxygen atoms in total. The van der Waals surface area contributed by atoms with Crippen LogP contribution in [0.25, 0.3) is 5.70 Å². The first-order valence-electron chi connectivity index (χ1n) is 7.86. The summed E-state index contributed by atoms with van der Waals surface area (Å²) in [6, 6.07) is 12.9. The summed E-state index contributed by atoms with van der Waals surface area (Å²) in [6.45, 7) is 2.19. The minimum absolute atomic E-state index is 0.182. The lowest BCUT2D eigenvalue weighted by Crippen LogP contribution is -2.38. The molecule has 0 aromatic heterocycles. The molecule has 25 heavy (non-hydrogen) atoms. The van der Waals surface area contributed by atoms with Crippen molar-refractivity contribution in [3.63, 3.8) is 0 Å². The molecule has 2 aliphatic heterocycles. The van der Waals surface area contributed by atoms with E-state index in [1.165, 1.54) is 10.7 Å². The highest BCUT2D eigenvalue weighted by atomic mass is 32.2. The maximum absolute atomic E-state index is 12.3. The molecule has 2 aromatic rings. The van der Waals surface area contributed by atoms with Gasteiger partial charge < -0.3 is 14.9 Å². The van der Waals surface area contributed by atoms with Crippen molar-refractivity contribution in [2.24, 2.45) is 0 Å². The van der Waals surface area contributed by atoms with E-state index in [1.807, 2.05) is 49.4 Å². The van der Waals surface area contributed by atoms with Crippen LogP contribution in [0.2, 0.25) is 0 Å². The van der Waals surface area contributed by atoms with Crippen molar-refractivity contribution in [2.75, 3.05) is 13.0 Å². The molecule has 0 aliphatic carbocycles. The standard InChI is InChI=1S/C18H18N2O4S/c1-12-3-5-13(6-4-12)15-10-16(20(19-15)25(2,21)22)14-7-8-17-18(9-14)24-11-23-17/h3-10,16,19H,11H2,1-2H3/t16-/m0/s1. The molecule has 4 rings (SSSR count). The molecule has 2 heterocycles. The molecule has 1 atom stereocenters. The van der Waals surface area contributed by atoms with Crippen molar-refractivity contribution >= 4 is 15.7 Å². The van der Waals surface area contributed by atoms with E-state index in [0.29, 0.717) is 11.5 Å². The zero-order chi connectivity index (χ0) is 17.6. The van der Waals surface area contributed by atoms with Crippen molar-refractivity contribution in [2.45, 2.75) is 13.0 Å². The second-order valence-electron chi connectivity index (χ2n) is 6.17. The maximum Gasteiger partial charge on any atom is 0.231 e. The van der Waals surface area contributed by atoms with E-state index in [4.69, 9.17) is 9.47 Å². The summed E-state index contributed by atoms with van der Waals surface area (Å²) in [5.41, 5.74) is 6.67. The molecule has 0 radical (unpaired) electrons. The smallest absolute Gasteiger partial charge is 0.231 e. The molecule has 1 N–H and O–H groups in total. The Hall–Kier alpha value is -2.51. The number of ether oxygens (including phenoxy) is 2. The van der Waals surface area contributed by atoms with Crippen molar-refractivity contribution in [3.05, 3.63) is 65.2 Å². The van der Waals surface area contributed by atoms with Crippen LogP contribution in [0.3, 0.4) is 0 Å². The van der Waals surface area contributed by atoms with Crippen LogP contribution >= 0.6 is 0 Å². The van der Waals surface area contributed by atoms with Gasteiger partial charge in [-0.2, -0.15) is 0 Å². The molecule has 130 valence electrons. The highest BCUT2D eigenvalue weighted by Gasteiger charge is 2.34. The summed E-state index contributed by atoms with van der Waals surface area (Å²) in [5, 5.41) is 0. The van der Waals surface area contributed by atoms with Crippen LogP contribution in [-0.4, -0.2) is 25.9 Å². The lowest BCUT2D eigenvalue weighted by atomic mass is 10.0. The predicted molar refractivity (Wildman–Crippen MR) is 94.3 cm³/mol. The van der Waals surface area contributed by atoms with Gasteiger partial charge >= 0.3 is 0 Å². The van der Waals surface area contributed by atoms with Gasteiger partial charge in [0.25, 0.3) is 0 Å². The van der Waals surface area contributed by atoms with Gasteiger partial charge in [0.05, 0.1) is 18.0 Å². The summed E-state index contributed by atoms with van der Waals surface area (Å²) in [5.74, 6) is 1.30. The summed E-state index contributed by atoms with van der Waals surface area (Å²) >= 11 is 0. The Kier molecular flexibility index (Phi) is 3.70. The second-order valence-corrected chi connectivity index (χ2v) is 8.03. The highest BCUT2D eigenvalue weighted by molar-refractivity contribution is 7.88. The number of hydrazine groups is 1. The molecule has 0 spiro atoms. The van der Waals surface area contributed by atoms with Gasteiger partial charge in [0.1, 0.15) is 0 Å². The quantitative estimate of drug-likeness (QED) is 0.913. The van der Waals surface area contributed by atoms with Crippen molar-refractivity contribution in [3.8, 4) is 11.5 Å². The number of rotatable bonds is 3. The van der Waals surface area contributed by atoms with E-state index < -0.39 is 16.1 Å². The van der Waals surface area contributed by atoms with Crippen LogP contribution in [0, 0.1) is 6.92 Å². The number of sulfonamides is 1. The SMILES string of the molecule is Cc1ccc(C2=C[C@@H](c3ccc4c(c3)OCO4)N(S(C)(=O)=O)N2)cc1. The van der Waals surface area contributed by atoms with E-state index in [9.17, 15) is 8.42 Å².